The third-order valence-electron chi connectivity index (χ3n) is 2.95. The van der Waals surface area contributed by atoms with E-state index in [0.717, 1.165) is 22.4 Å². The van der Waals surface area contributed by atoms with E-state index in [2.05, 4.69) is 45.2 Å². The number of hydrogen-bond donors (Lipinski definition) is 1. The van der Waals surface area contributed by atoms with Crippen molar-refractivity contribution < 1.29 is 4.39 Å². The molecule has 0 saturated carbocycles. The smallest absolute Gasteiger partial charge is 0.141 e. The summed E-state index contributed by atoms with van der Waals surface area (Å²) < 4.78 is 15.9. The predicted molar refractivity (Wildman–Crippen MR) is 79.9 cm³/mol. The van der Waals surface area contributed by atoms with Gasteiger partial charge < -0.3 is 5.32 Å². The Morgan fingerprint density at radius 2 is 2.10 bits per heavy atom. The average Bonchev–Trinajstić information content (AvgIpc) is 2.78. The zero-order valence-electron chi connectivity index (χ0n) is 11.8. The number of halogens is 2. The van der Waals surface area contributed by atoms with Crippen molar-refractivity contribution in [2.24, 2.45) is 0 Å². The molecule has 2 heterocycles. The van der Waals surface area contributed by atoms with Gasteiger partial charge in [-0.1, -0.05) is 0 Å². The lowest BCUT2D eigenvalue weighted by Gasteiger charge is -2.22. The Balaban J connectivity index is 2.46. The summed E-state index contributed by atoms with van der Waals surface area (Å²) in [5.74, 6) is -0.333. The van der Waals surface area contributed by atoms with Gasteiger partial charge in [0.05, 0.1) is 34.3 Å². The third-order valence-corrected chi connectivity index (χ3v) is 3.56. The van der Waals surface area contributed by atoms with Crippen molar-refractivity contribution in [2.45, 2.75) is 39.4 Å². The van der Waals surface area contributed by atoms with Gasteiger partial charge in [-0.2, -0.15) is 5.10 Å². The molecule has 0 spiro atoms. The van der Waals surface area contributed by atoms with Gasteiger partial charge in [0.1, 0.15) is 5.82 Å². The van der Waals surface area contributed by atoms with Crippen LogP contribution < -0.4 is 5.32 Å². The minimum absolute atomic E-state index is 0.132. The van der Waals surface area contributed by atoms with Crippen LogP contribution in [0.1, 0.15) is 38.2 Å². The molecular formula is C14H18BrFN4. The lowest BCUT2D eigenvalue weighted by molar-refractivity contribution is 0.478. The molecule has 2 rings (SSSR count). The minimum atomic E-state index is -0.333. The summed E-state index contributed by atoms with van der Waals surface area (Å²) in [7, 11) is 0. The fourth-order valence-electron chi connectivity index (χ4n) is 2.11. The van der Waals surface area contributed by atoms with Crippen LogP contribution in [-0.2, 0) is 6.54 Å². The number of nitrogens with zero attached hydrogens (tertiary/aromatic N) is 3. The molecule has 4 nitrogen and oxygen atoms in total. The molecule has 0 amide bonds. The van der Waals surface area contributed by atoms with Gasteiger partial charge in [-0.25, -0.2) is 4.39 Å². The lowest BCUT2D eigenvalue weighted by atomic mass is 10.1. The van der Waals surface area contributed by atoms with E-state index in [-0.39, 0.29) is 17.9 Å². The van der Waals surface area contributed by atoms with E-state index < -0.39 is 0 Å². The monoisotopic (exact) mass is 340 g/mol. The van der Waals surface area contributed by atoms with Gasteiger partial charge in [-0.15, -0.1) is 0 Å². The second kappa shape index (κ2) is 6.45. The van der Waals surface area contributed by atoms with E-state index in [1.165, 1.54) is 12.3 Å². The van der Waals surface area contributed by atoms with Gasteiger partial charge in [-0.05, 0) is 48.8 Å². The average molecular weight is 341 g/mol. The molecule has 2 aromatic rings. The summed E-state index contributed by atoms with van der Waals surface area (Å²) in [4.78, 5) is 4.20. The summed E-state index contributed by atoms with van der Waals surface area (Å²) in [6, 6.07) is 3.26. The van der Waals surface area contributed by atoms with Gasteiger partial charge in [0.2, 0.25) is 0 Å². The van der Waals surface area contributed by atoms with Crippen LogP contribution in [0.15, 0.2) is 29.0 Å². The molecule has 0 aliphatic rings. The standard InChI is InChI=1S/C14H18BrFN4/c1-4-20-14(11(15)8-18-20)13(19-9(2)3)12-6-5-10(16)7-17-12/h5-9,13,19H,4H2,1-3H3. The van der Waals surface area contributed by atoms with Crippen molar-refractivity contribution in [3.63, 3.8) is 0 Å². The van der Waals surface area contributed by atoms with Crippen LogP contribution in [0.5, 0.6) is 0 Å². The Morgan fingerprint density at radius 3 is 2.65 bits per heavy atom. The Morgan fingerprint density at radius 1 is 1.35 bits per heavy atom. The first kappa shape index (κ1) is 15.1. The molecule has 0 aromatic carbocycles. The van der Waals surface area contributed by atoms with E-state index >= 15 is 0 Å². The Hall–Kier alpha value is -1.27. The quantitative estimate of drug-likeness (QED) is 0.908. The van der Waals surface area contributed by atoms with Crippen molar-refractivity contribution in [3.05, 3.63) is 46.2 Å². The first-order valence-electron chi connectivity index (χ1n) is 6.61. The van der Waals surface area contributed by atoms with Crippen molar-refractivity contribution >= 4 is 15.9 Å². The second-order valence-electron chi connectivity index (χ2n) is 4.85. The molecule has 0 radical (unpaired) electrons. The summed E-state index contributed by atoms with van der Waals surface area (Å²) in [5.41, 5.74) is 1.77. The molecule has 6 heteroatoms. The second-order valence-corrected chi connectivity index (χ2v) is 5.70. The zero-order chi connectivity index (χ0) is 14.7. The number of nitrogens with one attached hydrogen (secondary N) is 1. The zero-order valence-corrected chi connectivity index (χ0v) is 13.4. The fraction of sp³-hybridized carbons (Fsp3) is 0.429. The highest BCUT2D eigenvalue weighted by Gasteiger charge is 2.23. The topological polar surface area (TPSA) is 42.7 Å². The maximum absolute atomic E-state index is 13.1. The highest BCUT2D eigenvalue weighted by atomic mass is 79.9. The largest absolute Gasteiger partial charge is 0.301 e. The summed E-state index contributed by atoms with van der Waals surface area (Å²) >= 11 is 3.54. The van der Waals surface area contributed by atoms with Crippen molar-refractivity contribution in [1.82, 2.24) is 20.1 Å². The number of pyridine rings is 1. The Labute approximate surface area is 126 Å². The van der Waals surface area contributed by atoms with Crippen molar-refractivity contribution in [3.8, 4) is 0 Å². The van der Waals surface area contributed by atoms with Gasteiger partial charge in [-0.3, -0.25) is 9.67 Å². The van der Waals surface area contributed by atoms with Gasteiger partial charge in [0, 0.05) is 12.6 Å². The number of hydrogen-bond acceptors (Lipinski definition) is 3. The molecule has 0 fully saturated rings. The molecule has 108 valence electrons. The van der Waals surface area contributed by atoms with Gasteiger partial charge in [0.25, 0.3) is 0 Å². The molecule has 1 unspecified atom stereocenters. The Bertz CT molecular complexity index is 565. The van der Waals surface area contributed by atoms with Crippen LogP contribution in [0.2, 0.25) is 0 Å². The molecule has 1 atom stereocenters. The highest BCUT2D eigenvalue weighted by Crippen LogP contribution is 2.28. The van der Waals surface area contributed by atoms with Crippen LogP contribution in [-0.4, -0.2) is 20.8 Å². The molecule has 2 aromatic heterocycles. The Kier molecular flexibility index (Phi) is 4.88. The van der Waals surface area contributed by atoms with E-state index in [1.54, 1.807) is 12.3 Å². The maximum atomic E-state index is 13.1. The minimum Gasteiger partial charge on any atom is -0.301 e. The lowest BCUT2D eigenvalue weighted by Crippen LogP contribution is -2.31. The third kappa shape index (κ3) is 3.24. The van der Waals surface area contributed by atoms with Crippen molar-refractivity contribution in [2.75, 3.05) is 0 Å². The number of rotatable bonds is 5. The van der Waals surface area contributed by atoms with E-state index in [4.69, 9.17) is 0 Å². The van der Waals surface area contributed by atoms with Crippen LogP contribution >= 0.6 is 15.9 Å². The normalized spacial score (nSPS) is 12.9. The molecule has 0 aliphatic carbocycles. The summed E-state index contributed by atoms with van der Waals surface area (Å²) in [5, 5.41) is 7.79. The first-order valence-corrected chi connectivity index (χ1v) is 7.41. The number of aryl methyl sites for hydroxylation is 1. The molecule has 0 bridgehead atoms. The van der Waals surface area contributed by atoms with Gasteiger partial charge in [0.15, 0.2) is 0 Å². The van der Waals surface area contributed by atoms with E-state index in [9.17, 15) is 4.39 Å². The summed E-state index contributed by atoms with van der Waals surface area (Å²) in [6.07, 6.45) is 3.02. The van der Waals surface area contributed by atoms with Crippen LogP contribution in [0.4, 0.5) is 4.39 Å². The summed E-state index contributed by atoms with van der Waals surface area (Å²) in [6.45, 7) is 6.93. The van der Waals surface area contributed by atoms with E-state index in [0.29, 0.717) is 0 Å². The van der Waals surface area contributed by atoms with Crippen molar-refractivity contribution in [1.29, 1.82) is 0 Å². The fourth-order valence-corrected chi connectivity index (χ4v) is 2.63. The maximum Gasteiger partial charge on any atom is 0.141 e. The molecule has 20 heavy (non-hydrogen) atoms. The highest BCUT2D eigenvalue weighted by molar-refractivity contribution is 9.10. The van der Waals surface area contributed by atoms with Crippen LogP contribution in [0, 0.1) is 5.82 Å². The van der Waals surface area contributed by atoms with E-state index in [1.807, 2.05) is 11.6 Å². The molecular weight excluding hydrogens is 323 g/mol. The predicted octanol–water partition coefficient (Wildman–Crippen LogP) is 3.29. The van der Waals surface area contributed by atoms with Crippen LogP contribution in [0.25, 0.3) is 0 Å². The SMILES string of the molecule is CCn1ncc(Br)c1C(NC(C)C)c1ccc(F)cn1. The number of aromatic nitrogens is 3. The van der Waals surface area contributed by atoms with Crippen LogP contribution in [0.3, 0.4) is 0 Å². The van der Waals surface area contributed by atoms with Gasteiger partial charge >= 0.3 is 0 Å². The molecule has 0 aliphatic heterocycles. The molecule has 0 saturated heterocycles. The first-order chi connectivity index (χ1) is 9.52. The molecule has 1 N–H and O–H groups in total.